The topological polar surface area (TPSA) is 54.0 Å². The van der Waals surface area contributed by atoms with Crippen molar-refractivity contribution in [1.82, 2.24) is 0 Å². The van der Waals surface area contributed by atoms with Crippen LogP contribution in [0.25, 0.3) is 0 Å². The molecule has 130 valence electrons. The average Bonchev–Trinajstić information content (AvgIpc) is 2.84. The van der Waals surface area contributed by atoms with Crippen molar-refractivity contribution in [1.29, 1.82) is 0 Å². The first-order valence-electron chi connectivity index (χ1n) is 7.98. The van der Waals surface area contributed by atoms with Crippen molar-refractivity contribution in [3.05, 3.63) is 53.0 Å². The number of ether oxygens (including phenoxy) is 4. The van der Waals surface area contributed by atoms with Gasteiger partial charge in [0, 0.05) is 0 Å². The van der Waals surface area contributed by atoms with Gasteiger partial charge in [0.05, 0.1) is 32.5 Å². The molecule has 5 heteroatoms. The molecule has 0 N–H and O–H groups in total. The number of methoxy groups -OCH3 is 1. The molecule has 1 aromatic rings. The van der Waals surface area contributed by atoms with Gasteiger partial charge in [-0.3, -0.25) is 0 Å². The van der Waals surface area contributed by atoms with E-state index in [1.54, 1.807) is 20.1 Å². The minimum Gasteiger partial charge on any atom is -0.497 e. The molecule has 0 amide bonds. The molecule has 0 aliphatic carbocycles. The molecule has 0 bridgehead atoms. The Balaban J connectivity index is 1.89. The van der Waals surface area contributed by atoms with Crippen LogP contribution in [-0.4, -0.2) is 26.3 Å². The molecule has 0 saturated carbocycles. The molecule has 1 aliphatic heterocycles. The fourth-order valence-corrected chi connectivity index (χ4v) is 2.10. The summed E-state index contributed by atoms with van der Waals surface area (Å²) in [6.45, 7) is 7.14. The third kappa shape index (κ3) is 4.86. The second kappa shape index (κ2) is 8.55. The zero-order chi connectivity index (χ0) is 17.5. The number of esters is 1. The van der Waals surface area contributed by atoms with Crippen molar-refractivity contribution in [3.8, 4) is 5.75 Å². The highest BCUT2D eigenvalue weighted by Gasteiger charge is 2.28. The van der Waals surface area contributed by atoms with Crippen LogP contribution in [0.2, 0.25) is 0 Å². The van der Waals surface area contributed by atoms with E-state index >= 15 is 0 Å². The second-order valence-corrected chi connectivity index (χ2v) is 5.98. The van der Waals surface area contributed by atoms with E-state index in [9.17, 15) is 4.79 Å². The zero-order valence-electron chi connectivity index (χ0n) is 14.6. The molecule has 0 spiro atoms. The number of hydrogen-bond acceptors (Lipinski definition) is 5. The maximum Gasteiger partial charge on any atom is 0.343 e. The van der Waals surface area contributed by atoms with E-state index < -0.39 is 0 Å². The van der Waals surface area contributed by atoms with Crippen molar-refractivity contribution in [2.75, 3.05) is 20.3 Å². The van der Waals surface area contributed by atoms with E-state index in [1.165, 1.54) is 0 Å². The van der Waals surface area contributed by atoms with E-state index in [2.05, 4.69) is 13.8 Å². The Bertz CT molecular complexity index is 626. The molecular formula is C19H24O5. The smallest absolute Gasteiger partial charge is 0.343 e. The third-order valence-corrected chi connectivity index (χ3v) is 3.45. The monoisotopic (exact) mass is 332 g/mol. The predicted molar refractivity (Wildman–Crippen MR) is 90.3 cm³/mol. The maximum absolute atomic E-state index is 11.7. The summed E-state index contributed by atoms with van der Waals surface area (Å²) in [5.41, 5.74) is 1.54. The molecule has 2 rings (SSSR count). The molecule has 1 aromatic carbocycles. The van der Waals surface area contributed by atoms with Gasteiger partial charge >= 0.3 is 5.97 Å². The molecule has 1 heterocycles. The number of cyclic esters (lactones) is 1. The lowest BCUT2D eigenvalue weighted by Crippen LogP contribution is -2.04. The number of hydrogen-bond donors (Lipinski definition) is 0. The maximum atomic E-state index is 11.7. The van der Waals surface area contributed by atoms with Gasteiger partial charge in [-0.25, -0.2) is 4.79 Å². The summed E-state index contributed by atoms with van der Waals surface area (Å²) < 4.78 is 21.7. The lowest BCUT2D eigenvalue weighted by Gasteiger charge is -2.10. The molecule has 0 unspecified atom stereocenters. The first kappa shape index (κ1) is 18.1. The fraction of sp³-hybridized carbons (Fsp3) is 0.421. The van der Waals surface area contributed by atoms with Crippen LogP contribution in [-0.2, 0) is 25.6 Å². The Morgan fingerprint density at radius 2 is 1.92 bits per heavy atom. The van der Waals surface area contributed by atoms with Crippen LogP contribution in [0.4, 0.5) is 0 Å². The summed E-state index contributed by atoms with van der Waals surface area (Å²) in [4.78, 5) is 11.7. The molecule has 0 aromatic heterocycles. The summed E-state index contributed by atoms with van der Waals surface area (Å²) in [7, 11) is 1.63. The number of benzene rings is 1. The largest absolute Gasteiger partial charge is 0.497 e. The van der Waals surface area contributed by atoms with Gasteiger partial charge in [0.1, 0.15) is 5.75 Å². The van der Waals surface area contributed by atoms with Crippen LogP contribution in [0.3, 0.4) is 0 Å². The van der Waals surface area contributed by atoms with Gasteiger partial charge in [0.25, 0.3) is 0 Å². The van der Waals surface area contributed by atoms with Crippen LogP contribution >= 0.6 is 0 Å². The van der Waals surface area contributed by atoms with Crippen LogP contribution in [0.15, 0.2) is 47.4 Å². The van der Waals surface area contributed by atoms with E-state index in [-0.39, 0.29) is 5.97 Å². The highest BCUT2D eigenvalue weighted by atomic mass is 16.6. The fourth-order valence-electron chi connectivity index (χ4n) is 2.10. The predicted octanol–water partition coefficient (Wildman–Crippen LogP) is 3.60. The first-order valence-corrected chi connectivity index (χ1v) is 7.98. The first-order chi connectivity index (χ1) is 11.5. The highest BCUT2D eigenvalue weighted by Crippen LogP contribution is 2.27. The van der Waals surface area contributed by atoms with Gasteiger partial charge in [-0.05, 0) is 36.6 Å². The van der Waals surface area contributed by atoms with Gasteiger partial charge in [0.15, 0.2) is 11.5 Å². The Morgan fingerprint density at radius 3 is 2.54 bits per heavy atom. The van der Waals surface area contributed by atoms with Crippen molar-refractivity contribution >= 4 is 5.97 Å². The Hall–Kier alpha value is -2.27. The summed E-state index contributed by atoms with van der Waals surface area (Å²) in [6, 6.07) is 7.67. The minimum absolute atomic E-state index is 0.330. The zero-order valence-corrected chi connectivity index (χ0v) is 14.6. The molecular weight excluding hydrogens is 308 g/mol. The van der Waals surface area contributed by atoms with E-state index in [4.69, 9.17) is 18.9 Å². The molecule has 0 fully saturated rings. The van der Waals surface area contributed by atoms with Crippen molar-refractivity contribution < 1.29 is 23.7 Å². The summed E-state index contributed by atoms with van der Waals surface area (Å²) in [5, 5.41) is 0. The standard InChI is InChI=1S/C19H24O5/c1-13(2)11-23-18-14(3)19(20)24-17(18)9-10-22-12-15-5-7-16(21-4)8-6-15/h5-9,13H,10-12H2,1-4H3/b17-9-. The van der Waals surface area contributed by atoms with Gasteiger partial charge < -0.3 is 18.9 Å². The van der Waals surface area contributed by atoms with E-state index in [0.717, 1.165) is 11.3 Å². The normalized spacial score (nSPS) is 16.0. The second-order valence-electron chi connectivity index (χ2n) is 5.98. The van der Waals surface area contributed by atoms with Crippen molar-refractivity contribution in [2.24, 2.45) is 5.92 Å². The van der Waals surface area contributed by atoms with E-state index in [1.807, 2.05) is 24.3 Å². The van der Waals surface area contributed by atoms with Crippen molar-refractivity contribution in [2.45, 2.75) is 27.4 Å². The molecule has 0 atom stereocenters. The quantitative estimate of drug-likeness (QED) is 0.538. The van der Waals surface area contributed by atoms with Gasteiger partial charge in [-0.1, -0.05) is 26.0 Å². The Kier molecular flexibility index (Phi) is 6.44. The lowest BCUT2D eigenvalue weighted by molar-refractivity contribution is -0.133. The number of carbonyl (C=O) groups is 1. The van der Waals surface area contributed by atoms with Gasteiger partial charge in [-0.2, -0.15) is 0 Å². The molecule has 1 aliphatic rings. The van der Waals surface area contributed by atoms with Crippen LogP contribution in [0.5, 0.6) is 5.75 Å². The third-order valence-electron chi connectivity index (χ3n) is 3.45. The Labute approximate surface area is 142 Å². The lowest BCUT2D eigenvalue weighted by atomic mass is 10.2. The van der Waals surface area contributed by atoms with E-state index in [0.29, 0.717) is 42.8 Å². The number of rotatable bonds is 8. The summed E-state index contributed by atoms with van der Waals surface area (Å²) >= 11 is 0. The SMILES string of the molecule is COc1ccc(COC/C=C2\OC(=O)C(C)=C2OCC(C)C)cc1. The average molecular weight is 332 g/mol. The highest BCUT2D eigenvalue weighted by molar-refractivity contribution is 5.93. The van der Waals surface area contributed by atoms with Crippen LogP contribution in [0, 0.1) is 5.92 Å². The minimum atomic E-state index is -0.366. The summed E-state index contributed by atoms with van der Waals surface area (Å²) in [6.07, 6.45) is 1.73. The molecule has 5 nitrogen and oxygen atoms in total. The molecule has 0 saturated heterocycles. The van der Waals surface area contributed by atoms with Gasteiger partial charge in [-0.15, -0.1) is 0 Å². The number of carbonyl (C=O) groups excluding carboxylic acids is 1. The molecule has 0 radical (unpaired) electrons. The van der Waals surface area contributed by atoms with Gasteiger partial charge in [0.2, 0.25) is 0 Å². The summed E-state index contributed by atoms with van der Waals surface area (Å²) in [5.74, 6) is 1.77. The van der Waals surface area contributed by atoms with Crippen LogP contribution < -0.4 is 4.74 Å². The molecule has 24 heavy (non-hydrogen) atoms. The Morgan fingerprint density at radius 1 is 1.21 bits per heavy atom. The van der Waals surface area contributed by atoms with Crippen LogP contribution in [0.1, 0.15) is 26.3 Å². The van der Waals surface area contributed by atoms with Crippen molar-refractivity contribution in [3.63, 3.8) is 0 Å².